The molecule has 3 aliphatic heterocycles. The molecule has 128 valence electrons. The Balaban J connectivity index is 1.38. The fraction of sp³-hybridized carbons (Fsp3) is 0.500. The number of benzene rings is 1. The summed E-state index contributed by atoms with van der Waals surface area (Å²) in [5, 5.41) is 9.14. The Bertz CT molecular complexity index is 638. The van der Waals surface area contributed by atoms with Crippen LogP contribution >= 0.6 is 0 Å². The molecule has 0 atom stereocenters. The van der Waals surface area contributed by atoms with Gasteiger partial charge >= 0.3 is 6.09 Å². The molecule has 0 bridgehead atoms. The minimum atomic E-state index is -0.913. The highest BCUT2D eigenvalue weighted by Crippen LogP contribution is 2.38. The molecule has 1 N–H and O–H groups in total. The van der Waals surface area contributed by atoms with Crippen molar-refractivity contribution < 1.29 is 14.6 Å². The van der Waals surface area contributed by atoms with Crippen LogP contribution in [0.2, 0.25) is 0 Å². The van der Waals surface area contributed by atoms with Gasteiger partial charge in [-0.05, 0) is 5.56 Å². The molecule has 3 aliphatic rings. The van der Waals surface area contributed by atoms with Gasteiger partial charge in [0.15, 0.2) is 0 Å². The minimum Gasteiger partial charge on any atom is -0.469 e. The van der Waals surface area contributed by atoms with Crippen LogP contribution in [0.5, 0.6) is 0 Å². The average molecular weight is 329 g/mol. The summed E-state index contributed by atoms with van der Waals surface area (Å²) in [5.41, 5.74) is 1.20. The molecule has 0 saturated carbocycles. The van der Waals surface area contributed by atoms with Gasteiger partial charge in [-0.3, -0.25) is 9.80 Å². The number of amides is 1. The molecule has 1 aromatic rings. The van der Waals surface area contributed by atoms with Gasteiger partial charge in [0.2, 0.25) is 5.88 Å². The molecular formula is C18H23N3O3. The highest BCUT2D eigenvalue weighted by atomic mass is 16.5. The van der Waals surface area contributed by atoms with Gasteiger partial charge in [-0.1, -0.05) is 30.3 Å². The van der Waals surface area contributed by atoms with Crippen molar-refractivity contribution >= 4 is 6.09 Å². The second kappa shape index (κ2) is 6.02. The molecule has 6 heteroatoms. The van der Waals surface area contributed by atoms with Crippen molar-refractivity contribution in [3.05, 3.63) is 48.0 Å². The van der Waals surface area contributed by atoms with E-state index in [0.717, 1.165) is 44.9 Å². The lowest BCUT2D eigenvalue weighted by Gasteiger charge is -2.37. The zero-order valence-corrected chi connectivity index (χ0v) is 13.7. The van der Waals surface area contributed by atoms with Crippen LogP contribution in [0.15, 0.2) is 42.4 Å². The van der Waals surface area contributed by atoms with E-state index in [4.69, 9.17) is 9.84 Å². The molecule has 0 unspecified atom stereocenters. The summed E-state index contributed by atoms with van der Waals surface area (Å²) < 4.78 is 6.23. The highest BCUT2D eigenvalue weighted by Gasteiger charge is 2.46. The Morgan fingerprint density at radius 3 is 2.58 bits per heavy atom. The van der Waals surface area contributed by atoms with Gasteiger partial charge in [0.1, 0.15) is 5.60 Å². The number of likely N-dealkylation sites (tertiary alicyclic amines) is 1. The number of hydrogen-bond acceptors (Lipinski definition) is 4. The Morgan fingerprint density at radius 2 is 1.88 bits per heavy atom. The summed E-state index contributed by atoms with van der Waals surface area (Å²) in [7, 11) is 0. The van der Waals surface area contributed by atoms with Crippen molar-refractivity contribution in [3.8, 4) is 0 Å². The van der Waals surface area contributed by atoms with E-state index in [2.05, 4.69) is 34.1 Å². The van der Waals surface area contributed by atoms with Crippen LogP contribution in [0, 0.1) is 0 Å². The average Bonchev–Trinajstić information content (AvgIpc) is 2.95. The maximum Gasteiger partial charge on any atom is 0.411 e. The van der Waals surface area contributed by atoms with Gasteiger partial charge in [0.25, 0.3) is 0 Å². The first kappa shape index (κ1) is 15.3. The summed E-state index contributed by atoms with van der Waals surface area (Å²) in [6, 6.07) is 10.5. The van der Waals surface area contributed by atoms with E-state index in [-0.39, 0.29) is 5.60 Å². The topological polar surface area (TPSA) is 56.2 Å². The number of carboxylic acid groups (broad SMARTS) is 1. The smallest absolute Gasteiger partial charge is 0.411 e. The molecule has 4 rings (SSSR count). The third-order valence-corrected chi connectivity index (χ3v) is 5.25. The van der Waals surface area contributed by atoms with Crippen LogP contribution in [0.1, 0.15) is 18.4 Å². The van der Waals surface area contributed by atoms with Crippen molar-refractivity contribution in [2.45, 2.75) is 25.0 Å². The van der Waals surface area contributed by atoms with Gasteiger partial charge in [-0.25, -0.2) is 4.79 Å². The summed E-state index contributed by atoms with van der Waals surface area (Å²) in [5.74, 6) is 0.722. The van der Waals surface area contributed by atoms with E-state index < -0.39 is 6.09 Å². The summed E-state index contributed by atoms with van der Waals surface area (Å²) in [6.07, 6.45) is 2.70. The molecule has 0 aromatic heterocycles. The van der Waals surface area contributed by atoms with Gasteiger partial charge < -0.3 is 14.7 Å². The maximum atomic E-state index is 11.1. The predicted octanol–water partition coefficient (Wildman–Crippen LogP) is 2.15. The van der Waals surface area contributed by atoms with E-state index in [1.807, 2.05) is 6.07 Å². The SMILES string of the molecule is O=C(O)N1C=C2OC3(CCN(Cc4ccccc4)CC3)CN2CC1. The summed E-state index contributed by atoms with van der Waals surface area (Å²) >= 11 is 0. The zero-order valence-electron chi connectivity index (χ0n) is 13.7. The van der Waals surface area contributed by atoms with Crippen molar-refractivity contribution in [1.82, 2.24) is 14.7 Å². The molecule has 2 fully saturated rings. The van der Waals surface area contributed by atoms with E-state index in [1.54, 1.807) is 6.20 Å². The molecule has 1 spiro atoms. The molecule has 1 aromatic carbocycles. The summed E-state index contributed by atoms with van der Waals surface area (Å²) in [4.78, 5) is 17.1. The van der Waals surface area contributed by atoms with Gasteiger partial charge in [-0.15, -0.1) is 0 Å². The number of piperidine rings is 1. The van der Waals surface area contributed by atoms with Crippen molar-refractivity contribution in [1.29, 1.82) is 0 Å². The van der Waals surface area contributed by atoms with Crippen molar-refractivity contribution in [3.63, 3.8) is 0 Å². The molecular weight excluding hydrogens is 306 g/mol. The van der Waals surface area contributed by atoms with Crippen molar-refractivity contribution in [2.24, 2.45) is 0 Å². The second-order valence-corrected chi connectivity index (χ2v) is 6.91. The maximum absolute atomic E-state index is 11.1. The normalized spacial score (nSPS) is 22.9. The standard InChI is InChI=1S/C18H23N3O3/c22-17(23)20-10-11-21-14-18(24-16(21)13-20)6-8-19(9-7-18)12-15-4-2-1-3-5-15/h1-5,13H,6-12,14H2,(H,22,23). The largest absolute Gasteiger partial charge is 0.469 e. The number of hydrogen-bond donors (Lipinski definition) is 1. The van der Waals surface area contributed by atoms with E-state index >= 15 is 0 Å². The van der Waals surface area contributed by atoms with E-state index in [1.165, 1.54) is 10.5 Å². The van der Waals surface area contributed by atoms with Crippen LogP contribution in [0.3, 0.4) is 0 Å². The monoisotopic (exact) mass is 329 g/mol. The van der Waals surface area contributed by atoms with Crippen LogP contribution < -0.4 is 0 Å². The number of fused-ring (bicyclic) bond motifs is 1. The third kappa shape index (κ3) is 2.94. The predicted molar refractivity (Wildman–Crippen MR) is 89.2 cm³/mol. The van der Waals surface area contributed by atoms with E-state index in [9.17, 15) is 4.79 Å². The number of ether oxygens (including phenoxy) is 1. The Labute approximate surface area is 141 Å². The molecule has 2 saturated heterocycles. The third-order valence-electron chi connectivity index (χ3n) is 5.25. The lowest BCUT2D eigenvalue weighted by Crippen LogP contribution is -2.47. The fourth-order valence-corrected chi connectivity index (χ4v) is 3.84. The van der Waals surface area contributed by atoms with Gasteiger partial charge in [-0.2, -0.15) is 0 Å². The minimum absolute atomic E-state index is 0.145. The molecule has 6 nitrogen and oxygen atoms in total. The quantitative estimate of drug-likeness (QED) is 0.901. The molecule has 24 heavy (non-hydrogen) atoms. The van der Waals surface area contributed by atoms with E-state index in [0.29, 0.717) is 13.1 Å². The Hall–Kier alpha value is -2.21. The first-order valence-electron chi connectivity index (χ1n) is 8.55. The van der Waals surface area contributed by atoms with Crippen molar-refractivity contribution in [2.75, 3.05) is 32.7 Å². The van der Waals surface area contributed by atoms with Crippen LogP contribution in [-0.4, -0.2) is 64.2 Å². The Kier molecular flexibility index (Phi) is 3.84. The molecule has 0 radical (unpaired) electrons. The number of rotatable bonds is 2. The first-order valence-corrected chi connectivity index (χ1v) is 8.55. The molecule has 0 aliphatic carbocycles. The highest BCUT2D eigenvalue weighted by molar-refractivity contribution is 5.66. The zero-order chi connectivity index (χ0) is 16.6. The fourth-order valence-electron chi connectivity index (χ4n) is 3.84. The number of nitrogens with zero attached hydrogens (tertiary/aromatic N) is 3. The number of carbonyl (C=O) groups is 1. The van der Waals surface area contributed by atoms with Crippen LogP contribution in [0.25, 0.3) is 0 Å². The molecule has 1 amide bonds. The van der Waals surface area contributed by atoms with Gasteiger partial charge in [0, 0.05) is 45.6 Å². The van der Waals surface area contributed by atoms with Crippen LogP contribution in [-0.2, 0) is 11.3 Å². The lowest BCUT2D eigenvalue weighted by atomic mass is 9.91. The van der Waals surface area contributed by atoms with Gasteiger partial charge in [0.05, 0.1) is 12.7 Å². The summed E-state index contributed by atoms with van der Waals surface area (Å²) in [6.45, 7) is 5.12. The first-order chi connectivity index (χ1) is 11.6. The second-order valence-electron chi connectivity index (χ2n) is 6.91. The Morgan fingerprint density at radius 1 is 1.12 bits per heavy atom. The van der Waals surface area contributed by atoms with Crippen LogP contribution in [0.4, 0.5) is 4.79 Å². The lowest BCUT2D eigenvalue weighted by molar-refractivity contribution is -0.0131. The molecule has 3 heterocycles.